The van der Waals surface area contributed by atoms with Crippen LogP contribution in [0.1, 0.15) is 90.9 Å². The first-order valence-corrected chi connectivity index (χ1v) is 10.1. The standard InChI is InChI=1S/C16H35NO3S/c1-3-4-5-6-7-8-9-10-11-12-13-16(2,17)14-15-21(18,19)20/h3-15,17H2,1-2H3,(H,18,19,20). The summed E-state index contributed by atoms with van der Waals surface area (Å²) in [5.74, 6) is -0.238. The predicted octanol–water partition coefficient (Wildman–Crippen LogP) is 4.29. The van der Waals surface area contributed by atoms with Crippen molar-refractivity contribution in [2.75, 3.05) is 5.75 Å². The molecule has 1 atom stereocenters. The Morgan fingerprint density at radius 1 is 0.857 bits per heavy atom. The molecule has 0 radical (unpaired) electrons. The number of hydrogen-bond acceptors (Lipinski definition) is 3. The lowest BCUT2D eigenvalue weighted by Crippen LogP contribution is -2.38. The summed E-state index contributed by atoms with van der Waals surface area (Å²) in [4.78, 5) is 0. The fraction of sp³-hybridized carbons (Fsp3) is 1.00. The molecule has 0 aromatic carbocycles. The van der Waals surface area contributed by atoms with E-state index >= 15 is 0 Å². The Morgan fingerprint density at radius 2 is 1.29 bits per heavy atom. The Balaban J connectivity index is 3.44. The van der Waals surface area contributed by atoms with Crippen molar-refractivity contribution in [1.29, 1.82) is 0 Å². The molecule has 0 bridgehead atoms. The van der Waals surface area contributed by atoms with E-state index in [0.717, 1.165) is 19.3 Å². The van der Waals surface area contributed by atoms with Crippen LogP contribution in [0, 0.1) is 0 Å². The molecule has 0 rings (SSSR count). The van der Waals surface area contributed by atoms with Crippen LogP contribution in [0.4, 0.5) is 0 Å². The first kappa shape index (κ1) is 20.9. The van der Waals surface area contributed by atoms with Gasteiger partial charge in [-0.2, -0.15) is 8.42 Å². The largest absolute Gasteiger partial charge is 0.325 e. The molecule has 0 spiro atoms. The van der Waals surface area contributed by atoms with Gasteiger partial charge in [-0.3, -0.25) is 4.55 Å². The molecule has 0 aromatic rings. The Kier molecular flexibility index (Phi) is 11.4. The normalized spacial score (nSPS) is 15.0. The average molecular weight is 322 g/mol. The number of rotatable bonds is 14. The Hall–Kier alpha value is -0.130. The summed E-state index contributed by atoms with van der Waals surface area (Å²) >= 11 is 0. The van der Waals surface area contributed by atoms with Crippen molar-refractivity contribution in [2.45, 2.75) is 96.4 Å². The number of nitrogens with two attached hydrogens (primary N) is 1. The Morgan fingerprint density at radius 3 is 1.71 bits per heavy atom. The molecular formula is C16H35NO3S. The second-order valence-corrected chi connectivity index (χ2v) is 8.19. The van der Waals surface area contributed by atoms with Gasteiger partial charge in [0.25, 0.3) is 10.1 Å². The zero-order chi connectivity index (χ0) is 16.2. The van der Waals surface area contributed by atoms with Crippen LogP contribution < -0.4 is 5.73 Å². The van der Waals surface area contributed by atoms with Gasteiger partial charge in [0.2, 0.25) is 0 Å². The second kappa shape index (κ2) is 11.4. The zero-order valence-corrected chi connectivity index (χ0v) is 14.8. The fourth-order valence-electron chi connectivity index (χ4n) is 2.50. The summed E-state index contributed by atoms with van der Waals surface area (Å²) in [5, 5.41) is 0. The van der Waals surface area contributed by atoms with Gasteiger partial charge < -0.3 is 5.73 Å². The van der Waals surface area contributed by atoms with E-state index in [1.165, 1.54) is 51.4 Å². The van der Waals surface area contributed by atoms with Gasteiger partial charge in [-0.25, -0.2) is 0 Å². The van der Waals surface area contributed by atoms with Crippen LogP contribution in [0.2, 0.25) is 0 Å². The minimum atomic E-state index is -3.89. The molecule has 0 amide bonds. The van der Waals surface area contributed by atoms with Gasteiger partial charge in [0.05, 0.1) is 5.75 Å². The summed E-state index contributed by atoms with van der Waals surface area (Å²) in [6.45, 7) is 4.10. The van der Waals surface area contributed by atoms with Crippen molar-refractivity contribution in [2.24, 2.45) is 5.73 Å². The molecule has 4 nitrogen and oxygen atoms in total. The van der Waals surface area contributed by atoms with Crippen molar-refractivity contribution < 1.29 is 13.0 Å². The highest BCUT2D eigenvalue weighted by Crippen LogP contribution is 2.18. The molecule has 3 N–H and O–H groups in total. The highest BCUT2D eigenvalue weighted by molar-refractivity contribution is 7.85. The third kappa shape index (κ3) is 16.1. The minimum Gasteiger partial charge on any atom is -0.325 e. The smallest absolute Gasteiger partial charge is 0.264 e. The van der Waals surface area contributed by atoms with E-state index in [4.69, 9.17) is 10.3 Å². The minimum absolute atomic E-state index is 0.238. The maximum absolute atomic E-state index is 10.7. The molecule has 0 saturated heterocycles. The maximum atomic E-state index is 10.7. The van der Waals surface area contributed by atoms with E-state index < -0.39 is 15.7 Å². The van der Waals surface area contributed by atoms with Gasteiger partial charge in [0.15, 0.2) is 0 Å². The lowest BCUT2D eigenvalue weighted by atomic mass is 9.92. The molecule has 0 heterocycles. The highest BCUT2D eigenvalue weighted by Gasteiger charge is 2.20. The van der Waals surface area contributed by atoms with Gasteiger partial charge in [-0.05, 0) is 19.8 Å². The van der Waals surface area contributed by atoms with Gasteiger partial charge in [0, 0.05) is 5.54 Å². The van der Waals surface area contributed by atoms with Gasteiger partial charge in [-0.1, -0.05) is 71.1 Å². The molecule has 128 valence electrons. The van der Waals surface area contributed by atoms with Crippen LogP contribution in [0.5, 0.6) is 0 Å². The molecule has 0 fully saturated rings. The summed E-state index contributed by atoms with van der Waals surface area (Å²) in [6.07, 6.45) is 13.9. The van der Waals surface area contributed by atoms with Crippen LogP contribution in [0.25, 0.3) is 0 Å². The van der Waals surface area contributed by atoms with Crippen LogP contribution in [-0.2, 0) is 10.1 Å². The second-order valence-electron chi connectivity index (χ2n) is 6.62. The first-order chi connectivity index (χ1) is 9.77. The van der Waals surface area contributed by atoms with Crippen molar-refractivity contribution in [3.63, 3.8) is 0 Å². The SMILES string of the molecule is CCCCCCCCCCCCC(C)(N)CCS(=O)(=O)O. The lowest BCUT2D eigenvalue weighted by molar-refractivity contribution is 0.387. The molecule has 0 aliphatic rings. The van der Waals surface area contributed by atoms with Crippen LogP contribution in [0.15, 0.2) is 0 Å². The van der Waals surface area contributed by atoms with E-state index in [0.29, 0.717) is 6.42 Å². The molecule has 1 unspecified atom stereocenters. The summed E-state index contributed by atoms with van der Waals surface area (Å²) in [6, 6.07) is 0. The van der Waals surface area contributed by atoms with Gasteiger partial charge in [0.1, 0.15) is 0 Å². The topological polar surface area (TPSA) is 80.4 Å². The molecule has 0 saturated carbocycles. The molecule has 0 aromatic heterocycles. The first-order valence-electron chi connectivity index (χ1n) is 8.51. The van der Waals surface area contributed by atoms with Crippen molar-refractivity contribution in [1.82, 2.24) is 0 Å². The van der Waals surface area contributed by atoms with E-state index in [1.807, 2.05) is 6.92 Å². The lowest BCUT2D eigenvalue weighted by Gasteiger charge is -2.23. The van der Waals surface area contributed by atoms with E-state index in [2.05, 4.69) is 6.92 Å². The Bertz CT molecular complexity index is 339. The summed E-state index contributed by atoms with van der Waals surface area (Å²) in [5.41, 5.74) is 5.57. The average Bonchev–Trinajstić information content (AvgIpc) is 2.38. The molecular weight excluding hydrogens is 286 g/mol. The fourth-order valence-corrected chi connectivity index (χ4v) is 3.23. The quantitative estimate of drug-likeness (QED) is 0.369. The molecule has 0 aliphatic heterocycles. The highest BCUT2D eigenvalue weighted by atomic mass is 32.2. The van der Waals surface area contributed by atoms with Gasteiger partial charge in [-0.15, -0.1) is 0 Å². The number of hydrogen-bond donors (Lipinski definition) is 2. The maximum Gasteiger partial charge on any atom is 0.264 e. The van der Waals surface area contributed by atoms with Gasteiger partial charge >= 0.3 is 0 Å². The van der Waals surface area contributed by atoms with Crippen LogP contribution >= 0.6 is 0 Å². The van der Waals surface area contributed by atoms with Crippen molar-refractivity contribution in [3.05, 3.63) is 0 Å². The third-order valence-electron chi connectivity index (χ3n) is 4.03. The van der Waals surface area contributed by atoms with Crippen LogP contribution in [-0.4, -0.2) is 24.3 Å². The van der Waals surface area contributed by atoms with Crippen molar-refractivity contribution in [3.8, 4) is 0 Å². The predicted molar refractivity (Wildman–Crippen MR) is 90.1 cm³/mol. The van der Waals surface area contributed by atoms with Crippen LogP contribution in [0.3, 0.4) is 0 Å². The number of unbranched alkanes of at least 4 members (excludes halogenated alkanes) is 9. The van der Waals surface area contributed by atoms with E-state index in [9.17, 15) is 8.42 Å². The molecule has 21 heavy (non-hydrogen) atoms. The Labute approximate surface area is 131 Å². The zero-order valence-electron chi connectivity index (χ0n) is 13.9. The summed E-state index contributed by atoms with van der Waals surface area (Å²) in [7, 11) is -3.89. The molecule has 5 heteroatoms. The van der Waals surface area contributed by atoms with Crippen molar-refractivity contribution >= 4 is 10.1 Å². The monoisotopic (exact) mass is 321 g/mol. The third-order valence-corrected chi connectivity index (χ3v) is 4.75. The molecule has 0 aliphatic carbocycles. The summed E-state index contributed by atoms with van der Waals surface area (Å²) < 4.78 is 30.2. The van der Waals surface area contributed by atoms with E-state index in [-0.39, 0.29) is 5.75 Å². The van der Waals surface area contributed by atoms with E-state index in [1.54, 1.807) is 0 Å².